The van der Waals surface area contributed by atoms with E-state index in [1.54, 1.807) is 12.1 Å². The van der Waals surface area contributed by atoms with E-state index < -0.39 is 10.0 Å². The number of rotatable bonds is 4. The van der Waals surface area contributed by atoms with Gasteiger partial charge in [-0.2, -0.15) is 0 Å². The van der Waals surface area contributed by atoms with Crippen LogP contribution in [-0.2, 0) is 16.4 Å². The van der Waals surface area contributed by atoms with Gasteiger partial charge in [-0.05, 0) is 48.1 Å². The number of benzene rings is 2. The third kappa shape index (κ3) is 2.52. The van der Waals surface area contributed by atoms with E-state index in [1.807, 2.05) is 36.4 Å². The molecule has 0 aromatic heterocycles. The zero-order valence-corrected chi connectivity index (χ0v) is 13.8. The van der Waals surface area contributed by atoms with Crippen LogP contribution in [-0.4, -0.2) is 15.0 Å². The van der Waals surface area contributed by atoms with Gasteiger partial charge >= 0.3 is 0 Å². The Bertz CT molecular complexity index is 766. The van der Waals surface area contributed by atoms with Crippen LogP contribution in [0.15, 0.2) is 53.4 Å². The minimum absolute atomic E-state index is 0.372. The van der Waals surface area contributed by atoms with E-state index in [4.69, 9.17) is 0 Å². The Morgan fingerprint density at radius 1 is 1.09 bits per heavy atom. The number of sulfonamides is 1. The second-order valence-corrected chi connectivity index (χ2v) is 7.70. The number of para-hydroxylation sites is 1. The molecule has 22 heavy (non-hydrogen) atoms. The van der Waals surface area contributed by atoms with Crippen LogP contribution >= 0.6 is 0 Å². The average molecular weight is 315 g/mol. The predicted octanol–water partition coefficient (Wildman–Crippen LogP) is 3.95. The molecule has 0 saturated carbocycles. The normalized spacial score (nSPS) is 15.6. The van der Waals surface area contributed by atoms with E-state index in [9.17, 15) is 8.42 Å². The Kier molecular flexibility index (Phi) is 3.96. The molecule has 0 N–H and O–H groups in total. The molecule has 0 spiro atoms. The van der Waals surface area contributed by atoms with Crippen molar-refractivity contribution in [2.24, 2.45) is 0 Å². The minimum Gasteiger partial charge on any atom is -0.266 e. The van der Waals surface area contributed by atoms with Gasteiger partial charge in [-0.3, -0.25) is 4.31 Å². The minimum atomic E-state index is -3.47. The molecule has 2 aromatic carbocycles. The van der Waals surface area contributed by atoms with Gasteiger partial charge in [-0.15, -0.1) is 0 Å². The number of anilines is 1. The highest BCUT2D eigenvalue weighted by Crippen LogP contribution is 2.33. The van der Waals surface area contributed by atoms with Crippen LogP contribution in [0.5, 0.6) is 0 Å². The highest BCUT2D eigenvalue weighted by atomic mass is 32.2. The fourth-order valence-electron chi connectivity index (χ4n) is 2.89. The third-order valence-electron chi connectivity index (χ3n) is 4.49. The van der Waals surface area contributed by atoms with Crippen LogP contribution < -0.4 is 4.31 Å². The van der Waals surface area contributed by atoms with Crippen molar-refractivity contribution in [2.45, 2.75) is 37.5 Å². The maximum Gasteiger partial charge on any atom is 0.264 e. The monoisotopic (exact) mass is 315 g/mol. The first-order valence-electron chi connectivity index (χ1n) is 7.74. The number of fused-ring (bicyclic) bond motifs is 1. The lowest BCUT2D eigenvalue weighted by Crippen LogP contribution is -2.29. The molecule has 3 nitrogen and oxygen atoms in total. The second kappa shape index (κ2) is 5.76. The molecule has 2 aromatic rings. The zero-order valence-electron chi connectivity index (χ0n) is 13.0. The molecule has 4 heteroatoms. The predicted molar refractivity (Wildman–Crippen MR) is 89.8 cm³/mol. The van der Waals surface area contributed by atoms with Crippen LogP contribution in [0.4, 0.5) is 5.69 Å². The van der Waals surface area contributed by atoms with E-state index in [1.165, 1.54) is 9.87 Å². The van der Waals surface area contributed by atoms with Gasteiger partial charge in [0.25, 0.3) is 10.0 Å². The van der Waals surface area contributed by atoms with Crippen LogP contribution in [0.3, 0.4) is 0 Å². The molecule has 0 aliphatic carbocycles. The highest BCUT2D eigenvalue weighted by molar-refractivity contribution is 7.92. The molecular formula is C18H21NO2S. The Morgan fingerprint density at radius 2 is 1.77 bits per heavy atom. The second-order valence-electron chi connectivity index (χ2n) is 5.83. The van der Waals surface area contributed by atoms with Crippen molar-refractivity contribution in [2.75, 3.05) is 10.8 Å². The van der Waals surface area contributed by atoms with Crippen molar-refractivity contribution in [3.05, 3.63) is 59.7 Å². The van der Waals surface area contributed by atoms with Gasteiger partial charge in [0.1, 0.15) is 0 Å². The lowest BCUT2D eigenvalue weighted by Gasteiger charge is -2.20. The molecule has 0 saturated heterocycles. The van der Waals surface area contributed by atoms with Crippen LogP contribution in [0.25, 0.3) is 0 Å². The molecular weight excluding hydrogens is 294 g/mol. The zero-order chi connectivity index (χ0) is 15.7. The largest absolute Gasteiger partial charge is 0.266 e. The SMILES string of the molecule is CCC(C)c1ccc(S(=O)(=O)N2CCc3ccccc32)cc1. The number of hydrogen-bond acceptors (Lipinski definition) is 2. The first-order chi connectivity index (χ1) is 10.5. The summed E-state index contributed by atoms with van der Waals surface area (Å²) in [4.78, 5) is 0.372. The van der Waals surface area contributed by atoms with Gasteiger partial charge in [-0.1, -0.05) is 44.2 Å². The smallest absolute Gasteiger partial charge is 0.264 e. The molecule has 1 aliphatic rings. The topological polar surface area (TPSA) is 37.4 Å². The van der Waals surface area contributed by atoms with Crippen molar-refractivity contribution in [1.82, 2.24) is 0 Å². The highest BCUT2D eigenvalue weighted by Gasteiger charge is 2.30. The fourth-order valence-corrected chi connectivity index (χ4v) is 4.39. The van der Waals surface area contributed by atoms with Gasteiger partial charge in [0.05, 0.1) is 10.6 Å². The summed E-state index contributed by atoms with van der Waals surface area (Å²) in [6.45, 7) is 4.81. The summed E-state index contributed by atoms with van der Waals surface area (Å²) in [7, 11) is -3.47. The molecule has 0 radical (unpaired) electrons. The van der Waals surface area contributed by atoms with Crippen LogP contribution in [0, 0.1) is 0 Å². The maximum absolute atomic E-state index is 12.9. The van der Waals surface area contributed by atoms with E-state index in [-0.39, 0.29) is 0 Å². The lowest BCUT2D eigenvalue weighted by molar-refractivity contribution is 0.592. The van der Waals surface area contributed by atoms with Gasteiger partial charge in [0.2, 0.25) is 0 Å². The van der Waals surface area contributed by atoms with Crippen molar-refractivity contribution < 1.29 is 8.42 Å². The summed E-state index contributed by atoms with van der Waals surface area (Å²) < 4.78 is 27.3. The molecule has 0 fully saturated rings. The molecule has 0 amide bonds. The van der Waals surface area contributed by atoms with Gasteiger partial charge in [0, 0.05) is 6.54 Å². The van der Waals surface area contributed by atoms with Crippen molar-refractivity contribution >= 4 is 15.7 Å². The van der Waals surface area contributed by atoms with Crippen LogP contribution in [0.2, 0.25) is 0 Å². The van der Waals surface area contributed by atoms with Gasteiger partial charge in [0.15, 0.2) is 0 Å². The molecule has 0 bridgehead atoms. The molecule has 1 aliphatic heterocycles. The summed E-state index contributed by atoms with van der Waals surface area (Å²) in [5.74, 6) is 0.448. The van der Waals surface area contributed by atoms with Gasteiger partial charge in [-0.25, -0.2) is 8.42 Å². The van der Waals surface area contributed by atoms with Crippen molar-refractivity contribution in [3.8, 4) is 0 Å². The Morgan fingerprint density at radius 3 is 2.45 bits per heavy atom. The summed E-state index contributed by atoms with van der Waals surface area (Å²) in [6.07, 6.45) is 1.83. The van der Waals surface area contributed by atoms with Crippen molar-refractivity contribution in [1.29, 1.82) is 0 Å². The number of hydrogen-bond donors (Lipinski definition) is 0. The summed E-state index contributed by atoms with van der Waals surface area (Å²) in [6, 6.07) is 15.1. The third-order valence-corrected chi connectivity index (χ3v) is 6.32. The summed E-state index contributed by atoms with van der Waals surface area (Å²) in [5.41, 5.74) is 3.10. The Hall–Kier alpha value is -1.81. The molecule has 1 atom stereocenters. The molecule has 3 rings (SSSR count). The standard InChI is InChI=1S/C18H21NO2S/c1-3-14(2)15-8-10-17(11-9-15)22(20,21)19-13-12-16-6-4-5-7-18(16)19/h4-11,14H,3,12-13H2,1-2H3. The van der Waals surface area contributed by atoms with E-state index in [0.717, 1.165) is 24.1 Å². The quantitative estimate of drug-likeness (QED) is 0.856. The number of nitrogens with zero attached hydrogens (tertiary/aromatic N) is 1. The Labute approximate surface area is 132 Å². The van der Waals surface area contributed by atoms with Crippen molar-refractivity contribution in [3.63, 3.8) is 0 Å². The summed E-state index contributed by atoms with van der Waals surface area (Å²) in [5, 5.41) is 0. The first kappa shape index (κ1) is 15.1. The van der Waals surface area contributed by atoms with Gasteiger partial charge < -0.3 is 0 Å². The molecule has 1 heterocycles. The first-order valence-corrected chi connectivity index (χ1v) is 9.18. The fraction of sp³-hybridized carbons (Fsp3) is 0.333. The molecule has 1 unspecified atom stereocenters. The maximum atomic E-state index is 12.9. The van der Waals surface area contributed by atoms with E-state index >= 15 is 0 Å². The molecule has 116 valence electrons. The Balaban J connectivity index is 1.94. The summed E-state index contributed by atoms with van der Waals surface area (Å²) >= 11 is 0. The average Bonchev–Trinajstić information content (AvgIpc) is 2.99. The van der Waals surface area contributed by atoms with E-state index in [0.29, 0.717) is 17.4 Å². The van der Waals surface area contributed by atoms with Crippen LogP contribution in [0.1, 0.15) is 37.3 Å². The van der Waals surface area contributed by atoms with E-state index in [2.05, 4.69) is 13.8 Å². The lowest BCUT2D eigenvalue weighted by atomic mass is 9.99.